The van der Waals surface area contributed by atoms with Crippen molar-refractivity contribution in [3.8, 4) is 11.4 Å². The molecule has 2 aromatic carbocycles. The molecule has 0 saturated carbocycles. The predicted molar refractivity (Wildman–Crippen MR) is 173 cm³/mol. The molecule has 46 heavy (non-hydrogen) atoms. The van der Waals surface area contributed by atoms with Gasteiger partial charge in [-0.05, 0) is 37.3 Å². The molecule has 3 aromatic rings. The molecule has 250 valence electrons. The van der Waals surface area contributed by atoms with Crippen LogP contribution in [-0.2, 0) is 28.5 Å². The van der Waals surface area contributed by atoms with Gasteiger partial charge in [0, 0.05) is 29.2 Å². The summed E-state index contributed by atoms with van der Waals surface area (Å²) in [7, 11) is 1.62. The van der Waals surface area contributed by atoms with Crippen LogP contribution in [0.2, 0.25) is 5.02 Å². The van der Waals surface area contributed by atoms with E-state index in [1.807, 2.05) is 54.0 Å². The Kier molecular flexibility index (Phi) is 14.8. The van der Waals surface area contributed by atoms with E-state index in [-0.39, 0.29) is 12.3 Å². The van der Waals surface area contributed by atoms with E-state index in [2.05, 4.69) is 15.5 Å². The Morgan fingerprint density at radius 2 is 1.48 bits per heavy atom. The molecule has 0 spiro atoms. The van der Waals surface area contributed by atoms with Crippen LogP contribution in [0.1, 0.15) is 35.2 Å². The van der Waals surface area contributed by atoms with Crippen molar-refractivity contribution in [2.24, 2.45) is 10.7 Å². The number of fused-ring (bicyclic) bond motifs is 3. The van der Waals surface area contributed by atoms with Crippen molar-refractivity contribution in [1.29, 1.82) is 0 Å². The third-order valence-corrected chi connectivity index (χ3v) is 7.20. The topological polar surface area (TPSA) is 154 Å². The van der Waals surface area contributed by atoms with Gasteiger partial charge in [-0.3, -0.25) is 14.4 Å². The lowest BCUT2D eigenvalue weighted by molar-refractivity contribution is -0.121. The van der Waals surface area contributed by atoms with Gasteiger partial charge in [-0.15, -0.1) is 10.2 Å². The molecule has 1 aromatic heterocycles. The molecule has 4 rings (SSSR count). The number of aliphatic imine (C=N–C) groups is 1. The average molecular weight is 659 g/mol. The van der Waals surface area contributed by atoms with Crippen molar-refractivity contribution < 1.29 is 33.2 Å². The van der Waals surface area contributed by atoms with E-state index >= 15 is 0 Å². The van der Waals surface area contributed by atoms with Gasteiger partial charge in [0.2, 0.25) is 5.91 Å². The first-order valence-electron chi connectivity index (χ1n) is 15.3. The monoisotopic (exact) mass is 658 g/mol. The standard InChI is InChI=1S/C32H43ClN6O7/c1-23-37-38-32-28(22-30(40)35-10-12-43-14-16-45-18-20-46-19-17-44-15-13-42-11-9-34)36-31(24-3-5-25(33)6-4-24)27-21-26(41-2)7-8-29(27)39(23)32/h3-8,21,28H,9-20,22,34H2,1-2H3,(H,35,40)/t28-/m0/s1. The highest BCUT2D eigenvalue weighted by Gasteiger charge is 2.30. The van der Waals surface area contributed by atoms with E-state index in [9.17, 15) is 4.79 Å². The second-order valence-corrected chi connectivity index (χ2v) is 10.7. The van der Waals surface area contributed by atoms with Gasteiger partial charge in [-0.1, -0.05) is 23.7 Å². The van der Waals surface area contributed by atoms with Crippen molar-refractivity contribution in [2.45, 2.75) is 19.4 Å². The number of benzene rings is 2. The summed E-state index contributed by atoms with van der Waals surface area (Å²) < 4.78 is 34.7. The fourth-order valence-electron chi connectivity index (χ4n) is 4.75. The fourth-order valence-corrected chi connectivity index (χ4v) is 4.88. The van der Waals surface area contributed by atoms with Gasteiger partial charge in [0.05, 0.1) is 91.0 Å². The first-order chi connectivity index (χ1) is 22.5. The lowest BCUT2D eigenvalue weighted by Gasteiger charge is -2.14. The van der Waals surface area contributed by atoms with Gasteiger partial charge >= 0.3 is 0 Å². The lowest BCUT2D eigenvalue weighted by atomic mass is 10.00. The molecule has 14 heteroatoms. The number of carbonyl (C=O) groups excluding carboxylic acids is 1. The van der Waals surface area contributed by atoms with E-state index in [1.54, 1.807) is 7.11 Å². The first kappa shape index (κ1) is 35.4. The Balaban J connectivity index is 1.22. The van der Waals surface area contributed by atoms with Crippen LogP contribution in [0.25, 0.3) is 5.69 Å². The summed E-state index contributed by atoms with van der Waals surface area (Å²) in [6.07, 6.45) is 0.0799. The Bertz CT molecular complexity index is 1400. The molecule has 0 bridgehead atoms. The maximum absolute atomic E-state index is 13.1. The van der Waals surface area contributed by atoms with Gasteiger partial charge in [0.1, 0.15) is 17.6 Å². The van der Waals surface area contributed by atoms with Gasteiger partial charge in [-0.25, -0.2) is 0 Å². The normalized spacial score (nSPS) is 13.9. The fraction of sp³-hybridized carbons (Fsp3) is 0.500. The highest BCUT2D eigenvalue weighted by molar-refractivity contribution is 6.30. The molecule has 1 aliphatic heterocycles. The molecule has 1 aliphatic rings. The van der Waals surface area contributed by atoms with E-state index in [4.69, 9.17) is 50.7 Å². The number of hydrogen-bond acceptors (Lipinski definition) is 11. The third kappa shape index (κ3) is 10.6. The lowest BCUT2D eigenvalue weighted by Crippen LogP contribution is -2.29. The summed E-state index contributed by atoms with van der Waals surface area (Å²) in [5.74, 6) is 1.78. The van der Waals surface area contributed by atoms with Crippen LogP contribution in [-0.4, -0.2) is 113 Å². The van der Waals surface area contributed by atoms with Crippen molar-refractivity contribution in [2.75, 3.05) is 86.3 Å². The van der Waals surface area contributed by atoms with Crippen LogP contribution in [0.5, 0.6) is 5.75 Å². The minimum atomic E-state index is -0.580. The molecule has 13 nitrogen and oxygen atoms in total. The number of hydrogen-bond donors (Lipinski definition) is 2. The zero-order chi connectivity index (χ0) is 32.6. The second kappa shape index (κ2) is 19.3. The zero-order valence-corrected chi connectivity index (χ0v) is 27.2. The van der Waals surface area contributed by atoms with Gasteiger partial charge in [0.25, 0.3) is 0 Å². The van der Waals surface area contributed by atoms with Gasteiger partial charge in [-0.2, -0.15) is 0 Å². The first-order valence-corrected chi connectivity index (χ1v) is 15.7. The molecule has 0 unspecified atom stereocenters. The number of ether oxygens (including phenoxy) is 6. The van der Waals surface area contributed by atoms with E-state index in [0.717, 1.165) is 16.8 Å². The van der Waals surface area contributed by atoms with Crippen LogP contribution in [0.15, 0.2) is 47.5 Å². The molecule has 0 fully saturated rings. The second-order valence-electron chi connectivity index (χ2n) is 10.2. The molecule has 0 aliphatic carbocycles. The van der Waals surface area contributed by atoms with Crippen LogP contribution in [0, 0.1) is 6.92 Å². The summed E-state index contributed by atoms with van der Waals surface area (Å²) >= 11 is 6.18. The summed E-state index contributed by atoms with van der Waals surface area (Å²) in [6, 6.07) is 12.6. The quantitative estimate of drug-likeness (QED) is 0.163. The van der Waals surface area contributed by atoms with Crippen molar-refractivity contribution in [3.05, 3.63) is 70.3 Å². The maximum Gasteiger partial charge on any atom is 0.222 e. The van der Waals surface area contributed by atoms with Crippen LogP contribution >= 0.6 is 11.6 Å². The van der Waals surface area contributed by atoms with Gasteiger partial charge < -0.3 is 39.5 Å². The Morgan fingerprint density at radius 3 is 2.09 bits per heavy atom. The number of amides is 1. The number of carbonyl (C=O) groups is 1. The van der Waals surface area contributed by atoms with Crippen LogP contribution in [0.4, 0.5) is 0 Å². The van der Waals surface area contributed by atoms with E-state index in [0.29, 0.717) is 107 Å². The third-order valence-electron chi connectivity index (χ3n) is 6.95. The summed E-state index contributed by atoms with van der Waals surface area (Å²) in [4.78, 5) is 18.1. The molecule has 0 saturated heterocycles. The molecule has 0 radical (unpaired) electrons. The van der Waals surface area contributed by atoms with Crippen molar-refractivity contribution >= 4 is 23.2 Å². The number of nitrogens with zero attached hydrogens (tertiary/aromatic N) is 4. The number of methoxy groups -OCH3 is 1. The molecular formula is C32H43ClN6O7. The molecule has 3 N–H and O–H groups in total. The average Bonchev–Trinajstić information content (AvgIpc) is 3.39. The Labute approximate surface area is 274 Å². The summed E-state index contributed by atoms with van der Waals surface area (Å²) in [5.41, 5.74) is 8.61. The van der Waals surface area contributed by atoms with E-state index < -0.39 is 6.04 Å². The number of aryl methyl sites for hydroxylation is 1. The van der Waals surface area contributed by atoms with Crippen LogP contribution in [0.3, 0.4) is 0 Å². The highest BCUT2D eigenvalue weighted by Crippen LogP contribution is 2.34. The van der Waals surface area contributed by atoms with Crippen molar-refractivity contribution in [1.82, 2.24) is 20.1 Å². The number of aromatic nitrogens is 3. The molecule has 1 atom stereocenters. The maximum atomic E-state index is 13.1. The highest BCUT2D eigenvalue weighted by atomic mass is 35.5. The SMILES string of the molecule is COc1ccc2c(c1)C(c1ccc(Cl)cc1)=N[C@@H](CC(=O)NCCOCCOCCOCCOCCOCCN)c1nnc(C)n1-2. The number of halogens is 1. The summed E-state index contributed by atoms with van der Waals surface area (Å²) in [5, 5.41) is 12.3. The minimum Gasteiger partial charge on any atom is -0.497 e. The largest absolute Gasteiger partial charge is 0.497 e. The Morgan fingerprint density at radius 1 is 0.870 bits per heavy atom. The summed E-state index contributed by atoms with van der Waals surface area (Å²) in [6.45, 7) is 7.42. The van der Waals surface area contributed by atoms with Crippen LogP contribution < -0.4 is 15.8 Å². The minimum absolute atomic E-state index is 0.0799. The zero-order valence-electron chi connectivity index (χ0n) is 26.4. The number of rotatable bonds is 21. The Hall–Kier alpha value is -3.43. The molecular weight excluding hydrogens is 616 g/mol. The van der Waals surface area contributed by atoms with Gasteiger partial charge in [0.15, 0.2) is 5.82 Å². The molecule has 1 amide bonds. The van der Waals surface area contributed by atoms with Crippen molar-refractivity contribution in [3.63, 3.8) is 0 Å². The predicted octanol–water partition coefficient (Wildman–Crippen LogP) is 2.68. The number of nitrogens with two attached hydrogens (primary N) is 1. The smallest absolute Gasteiger partial charge is 0.222 e. The van der Waals surface area contributed by atoms with E-state index in [1.165, 1.54) is 0 Å². The molecule has 2 heterocycles. The number of nitrogens with one attached hydrogen (secondary N) is 1.